The van der Waals surface area contributed by atoms with Crippen LogP contribution < -0.4 is 4.74 Å². The molecule has 3 rings (SSSR count). The molecular formula is C15H13F3N2OS. The monoisotopic (exact) mass is 326 g/mol. The van der Waals surface area contributed by atoms with E-state index in [0.29, 0.717) is 0 Å². The maximum Gasteiger partial charge on any atom is 0.427 e. The van der Waals surface area contributed by atoms with Crippen molar-refractivity contribution >= 4 is 23.0 Å². The van der Waals surface area contributed by atoms with Crippen LogP contribution in [-0.2, 0) is 5.54 Å². The summed E-state index contributed by atoms with van der Waals surface area (Å²) in [4.78, 5) is 8.98. The molecule has 1 atom stereocenters. The van der Waals surface area contributed by atoms with Crippen LogP contribution in [0.2, 0.25) is 0 Å². The Balaban J connectivity index is 1.88. The lowest BCUT2D eigenvalue weighted by Crippen LogP contribution is -2.28. The van der Waals surface area contributed by atoms with E-state index >= 15 is 0 Å². The van der Waals surface area contributed by atoms with Crippen LogP contribution in [0.3, 0.4) is 0 Å². The van der Waals surface area contributed by atoms with E-state index in [9.17, 15) is 13.2 Å². The normalized spacial score (nSPS) is 23.9. The summed E-state index contributed by atoms with van der Waals surface area (Å²) in [5.41, 5.74) is 0.129. The highest BCUT2D eigenvalue weighted by molar-refractivity contribution is 8.14. The van der Waals surface area contributed by atoms with E-state index in [2.05, 4.69) is 14.7 Å². The molecule has 0 N–H and O–H groups in total. The number of alkyl halides is 3. The maximum atomic E-state index is 12.9. The predicted molar refractivity (Wildman–Crippen MR) is 82.1 cm³/mol. The molecule has 1 aromatic carbocycles. The fraction of sp³-hybridized carbons (Fsp3) is 0.333. The zero-order valence-corrected chi connectivity index (χ0v) is 12.3. The molecule has 0 radical (unpaired) electrons. The van der Waals surface area contributed by atoms with E-state index in [1.54, 1.807) is 30.1 Å². The molecule has 0 aliphatic carbocycles. The molecular weight excluding hydrogens is 313 g/mol. The highest BCUT2D eigenvalue weighted by atomic mass is 32.2. The van der Waals surface area contributed by atoms with Crippen LogP contribution in [0.5, 0.6) is 5.75 Å². The molecule has 0 spiro atoms. The Morgan fingerprint density at radius 3 is 2.59 bits per heavy atom. The number of aliphatic imine (C=N–C) groups is 2. The number of ether oxygens (including phenoxy) is 1. The van der Waals surface area contributed by atoms with Gasteiger partial charge in [-0.1, -0.05) is 12.1 Å². The number of rotatable bonds is 5. The van der Waals surface area contributed by atoms with E-state index in [1.807, 2.05) is 12.2 Å². The summed E-state index contributed by atoms with van der Waals surface area (Å²) >= 11 is 1.64. The van der Waals surface area contributed by atoms with Crippen molar-refractivity contribution in [3.8, 4) is 5.75 Å². The minimum Gasteiger partial charge on any atom is -0.431 e. The van der Waals surface area contributed by atoms with Gasteiger partial charge < -0.3 is 4.74 Å². The summed E-state index contributed by atoms with van der Waals surface area (Å²) in [5, 5.41) is 0.889. The van der Waals surface area contributed by atoms with Crippen molar-refractivity contribution in [1.29, 1.82) is 0 Å². The minimum atomic E-state index is -3.81. The van der Waals surface area contributed by atoms with Crippen LogP contribution in [-0.4, -0.2) is 36.3 Å². The average Bonchev–Trinajstić information content (AvgIpc) is 3.19. The van der Waals surface area contributed by atoms with E-state index in [4.69, 9.17) is 0 Å². The second-order valence-electron chi connectivity index (χ2n) is 4.84. The first-order chi connectivity index (χ1) is 10.6. The minimum absolute atomic E-state index is 0.0893. The molecule has 2 heterocycles. The Labute approximate surface area is 130 Å². The molecule has 0 fully saturated rings. The van der Waals surface area contributed by atoms with Gasteiger partial charge in [0.2, 0.25) is 0 Å². The number of allylic oxidation sites excluding steroid dienone is 1. The standard InChI is InChI=1S/C15H13F3N2OS/c16-10-15(17,18)21-12-4-2-11(3-5-12)14(6-1-7-20-14)13-19-8-9-22-13/h1-7H,8-10H2. The zero-order chi connectivity index (χ0) is 15.6. The number of benzene rings is 1. The van der Waals surface area contributed by atoms with Crippen LogP contribution in [0.1, 0.15) is 5.56 Å². The third-order valence-corrected chi connectivity index (χ3v) is 4.43. The van der Waals surface area contributed by atoms with E-state index < -0.39 is 18.3 Å². The second kappa shape index (κ2) is 5.79. The predicted octanol–water partition coefficient (Wildman–Crippen LogP) is 3.61. The van der Waals surface area contributed by atoms with Gasteiger partial charge in [-0.25, -0.2) is 4.39 Å². The largest absolute Gasteiger partial charge is 0.431 e. The van der Waals surface area contributed by atoms with E-state index in [1.165, 1.54) is 12.1 Å². The quantitative estimate of drug-likeness (QED) is 0.828. The number of hydrogen-bond acceptors (Lipinski definition) is 4. The third kappa shape index (κ3) is 2.77. The molecule has 2 aliphatic rings. The molecule has 1 unspecified atom stereocenters. The van der Waals surface area contributed by atoms with Crippen LogP contribution >= 0.6 is 11.8 Å². The second-order valence-corrected chi connectivity index (χ2v) is 5.92. The third-order valence-electron chi connectivity index (χ3n) is 3.33. The van der Waals surface area contributed by atoms with Crippen molar-refractivity contribution in [2.24, 2.45) is 9.98 Å². The first-order valence-electron chi connectivity index (χ1n) is 6.70. The van der Waals surface area contributed by atoms with Gasteiger partial charge in [-0.05, 0) is 29.8 Å². The van der Waals surface area contributed by atoms with Gasteiger partial charge in [0, 0.05) is 18.5 Å². The Bertz CT molecular complexity index is 629. The molecule has 0 amide bonds. The van der Waals surface area contributed by atoms with Gasteiger partial charge in [-0.3, -0.25) is 9.98 Å². The first kappa shape index (κ1) is 15.1. The van der Waals surface area contributed by atoms with Crippen LogP contribution in [0.4, 0.5) is 13.2 Å². The SMILES string of the molecule is FCC(F)(F)Oc1ccc(C2(C3=NCCS3)C=CC=N2)cc1. The summed E-state index contributed by atoms with van der Waals surface area (Å²) in [5.74, 6) is 0.818. The fourth-order valence-corrected chi connectivity index (χ4v) is 3.37. The number of nitrogens with zero attached hydrogens (tertiary/aromatic N) is 2. The van der Waals surface area contributed by atoms with Gasteiger partial charge in [-0.2, -0.15) is 8.78 Å². The lowest BCUT2D eigenvalue weighted by atomic mass is 9.92. The number of halogens is 3. The summed E-state index contributed by atoms with van der Waals surface area (Å²) in [6.07, 6.45) is 1.65. The maximum absolute atomic E-state index is 12.9. The molecule has 116 valence electrons. The average molecular weight is 326 g/mol. The lowest BCUT2D eigenvalue weighted by Gasteiger charge is -2.25. The van der Waals surface area contributed by atoms with Gasteiger partial charge in [0.15, 0.2) is 12.2 Å². The Morgan fingerprint density at radius 1 is 1.27 bits per heavy atom. The van der Waals surface area contributed by atoms with Gasteiger partial charge in [-0.15, -0.1) is 11.8 Å². The molecule has 0 aromatic heterocycles. The smallest absolute Gasteiger partial charge is 0.427 e. The van der Waals surface area contributed by atoms with Crippen molar-refractivity contribution in [2.75, 3.05) is 19.0 Å². The highest BCUT2D eigenvalue weighted by Gasteiger charge is 2.38. The molecule has 0 saturated carbocycles. The van der Waals surface area contributed by atoms with Gasteiger partial charge in [0.25, 0.3) is 0 Å². The van der Waals surface area contributed by atoms with E-state index in [-0.39, 0.29) is 5.75 Å². The van der Waals surface area contributed by atoms with Crippen molar-refractivity contribution in [3.63, 3.8) is 0 Å². The van der Waals surface area contributed by atoms with Crippen LogP contribution in [0.25, 0.3) is 0 Å². The molecule has 1 aromatic rings. The molecule has 0 bridgehead atoms. The Kier molecular flexibility index (Phi) is 3.99. The molecule has 2 aliphatic heterocycles. The topological polar surface area (TPSA) is 34.0 Å². The summed E-state index contributed by atoms with van der Waals surface area (Å²) in [7, 11) is 0. The first-order valence-corrected chi connectivity index (χ1v) is 7.68. The Morgan fingerprint density at radius 2 is 2.05 bits per heavy atom. The fourth-order valence-electron chi connectivity index (χ4n) is 2.35. The van der Waals surface area contributed by atoms with Crippen molar-refractivity contribution in [1.82, 2.24) is 0 Å². The summed E-state index contributed by atoms with van der Waals surface area (Å²) in [6.45, 7) is -1.12. The summed E-state index contributed by atoms with van der Waals surface area (Å²) in [6, 6.07) is 6.08. The van der Waals surface area contributed by atoms with Gasteiger partial charge in [0.05, 0.1) is 0 Å². The molecule has 0 saturated heterocycles. The van der Waals surface area contributed by atoms with Crippen molar-refractivity contribution in [2.45, 2.75) is 11.6 Å². The number of hydrogen-bond donors (Lipinski definition) is 0. The van der Waals surface area contributed by atoms with Gasteiger partial charge in [0.1, 0.15) is 10.8 Å². The zero-order valence-electron chi connectivity index (χ0n) is 11.5. The van der Waals surface area contributed by atoms with E-state index in [0.717, 1.165) is 22.9 Å². The molecule has 7 heteroatoms. The van der Waals surface area contributed by atoms with Crippen LogP contribution in [0, 0.1) is 0 Å². The molecule has 22 heavy (non-hydrogen) atoms. The lowest BCUT2D eigenvalue weighted by molar-refractivity contribution is -0.186. The van der Waals surface area contributed by atoms with Gasteiger partial charge >= 0.3 is 6.11 Å². The Hall–Kier alpha value is -1.76. The molecule has 3 nitrogen and oxygen atoms in total. The van der Waals surface area contributed by atoms with Crippen LogP contribution in [0.15, 0.2) is 46.4 Å². The van der Waals surface area contributed by atoms with Crippen molar-refractivity contribution < 1.29 is 17.9 Å². The van der Waals surface area contributed by atoms with Crippen molar-refractivity contribution in [3.05, 3.63) is 42.0 Å². The number of thioether (sulfide) groups is 1. The summed E-state index contributed by atoms with van der Waals surface area (Å²) < 4.78 is 42.3. The highest BCUT2D eigenvalue weighted by Crippen LogP contribution is 2.39.